The molecule has 4 fully saturated rings. The standard InChI is InChI=1S/C53H61N11O9/c1-29-19-43(49(55)65)56-30(2)37(29)11-15-63-50(44-13-17-70-44)59-41-20-33(7-9-39(41)52(63)66)61-23-35(27-68-5)72-46(25-61)47-26-62(24-36(73-47)28-69-6)34-8-10-40-42(21-34)60-51(45-14-18-71-45)64(53(40)67)16-12-38-31(3)57-48(22-54)58-32(38)4/h7-10,19-21,35-36,44-47H,11-18,23-28H2,1-6H3,(H2,55,65)/t35-,36-,44+,45+,46?,47?/m1/s1. The van der Waals surface area contributed by atoms with Gasteiger partial charge in [-0.15, -0.1) is 0 Å². The number of nitriles is 1. The van der Waals surface area contributed by atoms with Crippen LogP contribution in [0.15, 0.2) is 52.1 Å². The third kappa shape index (κ3) is 10.0. The summed E-state index contributed by atoms with van der Waals surface area (Å²) in [5, 5.41) is 10.4. The Balaban J connectivity index is 0.916. The van der Waals surface area contributed by atoms with Gasteiger partial charge in [0.1, 0.15) is 47.8 Å². The second-order valence-corrected chi connectivity index (χ2v) is 19.4. The zero-order valence-electron chi connectivity index (χ0n) is 42.1. The molecule has 0 saturated carbocycles. The molecule has 0 spiro atoms. The minimum atomic E-state index is -0.584. The fourth-order valence-electron chi connectivity index (χ4n) is 10.7. The van der Waals surface area contributed by atoms with Crippen LogP contribution in [0.3, 0.4) is 0 Å². The molecule has 6 aromatic rings. The number of benzene rings is 2. The van der Waals surface area contributed by atoms with Gasteiger partial charge in [0, 0.05) is 94.8 Å². The highest BCUT2D eigenvalue weighted by Gasteiger charge is 2.40. The Morgan fingerprint density at radius 3 is 1.56 bits per heavy atom. The van der Waals surface area contributed by atoms with Crippen LogP contribution < -0.4 is 26.7 Å². The fourth-order valence-corrected chi connectivity index (χ4v) is 10.7. The molecule has 4 aliphatic rings. The highest BCUT2D eigenvalue weighted by Crippen LogP contribution is 2.34. The van der Waals surface area contributed by atoms with Crippen molar-refractivity contribution in [1.29, 1.82) is 5.26 Å². The van der Waals surface area contributed by atoms with Gasteiger partial charge in [-0.1, -0.05) is 0 Å². The van der Waals surface area contributed by atoms with Crippen LogP contribution in [0, 0.1) is 39.0 Å². The molecule has 10 rings (SSSR count). The molecular formula is C53H61N11O9. The first-order chi connectivity index (χ1) is 35.3. The molecule has 4 aliphatic heterocycles. The number of pyridine rings is 1. The number of primary amides is 1. The predicted molar refractivity (Wildman–Crippen MR) is 270 cm³/mol. The van der Waals surface area contributed by atoms with Crippen molar-refractivity contribution in [2.45, 2.75) is 103 Å². The van der Waals surface area contributed by atoms with Gasteiger partial charge in [-0.2, -0.15) is 5.26 Å². The van der Waals surface area contributed by atoms with Crippen LogP contribution in [-0.4, -0.2) is 131 Å². The van der Waals surface area contributed by atoms with Gasteiger partial charge < -0.3 is 44.0 Å². The number of aromatic nitrogens is 7. The van der Waals surface area contributed by atoms with Gasteiger partial charge in [-0.3, -0.25) is 23.5 Å². The number of ether oxygens (including phenoxy) is 6. The Morgan fingerprint density at radius 1 is 0.685 bits per heavy atom. The van der Waals surface area contributed by atoms with Crippen LogP contribution >= 0.6 is 0 Å². The number of amides is 1. The van der Waals surface area contributed by atoms with Gasteiger partial charge >= 0.3 is 0 Å². The highest BCUT2D eigenvalue weighted by atomic mass is 16.6. The summed E-state index contributed by atoms with van der Waals surface area (Å²) in [6.07, 6.45) is 0.498. The van der Waals surface area contributed by atoms with Gasteiger partial charge in [0.25, 0.3) is 17.0 Å². The molecule has 8 heterocycles. The Hall–Kier alpha value is -6.73. The fraction of sp³-hybridized carbons (Fsp3) is 0.491. The van der Waals surface area contributed by atoms with Crippen molar-refractivity contribution >= 4 is 39.1 Å². The molecule has 73 heavy (non-hydrogen) atoms. The van der Waals surface area contributed by atoms with Crippen molar-refractivity contribution in [3.8, 4) is 6.07 Å². The Kier molecular flexibility index (Phi) is 14.3. The lowest BCUT2D eigenvalue weighted by molar-refractivity contribution is -0.152. The number of nitrogens with two attached hydrogens (primary N) is 1. The lowest BCUT2D eigenvalue weighted by atomic mass is 10.0. The number of morpholine rings is 2. The zero-order chi connectivity index (χ0) is 51.1. The molecule has 20 nitrogen and oxygen atoms in total. The van der Waals surface area contributed by atoms with E-state index >= 15 is 0 Å². The maximum atomic E-state index is 14.4. The molecule has 2 aromatic carbocycles. The third-order valence-corrected chi connectivity index (χ3v) is 14.6. The average molecular weight is 996 g/mol. The largest absolute Gasteiger partial charge is 0.382 e. The van der Waals surface area contributed by atoms with Gasteiger partial charge in [0.2, 0.25) is 5.82 Å². The molecule has 2 unspecified atom stereocenters. The van der Waals surface area contributed by atoms with E-state index in [1.165, 1.54) is 0 Å². The van der Waals surface area contributed by atoms with Crippen molar-refractivity contribution < 1.29 is 33.2 Å². The lowest BCUT2D eigenvalue weighted by Gasteiger charge is -2.46. The Bertz CT molecular complexity index is 3210. The van der Waals surface area contributed by atoms with Crippen molar-refractivity contribution in [3.05, 3.63) is 120 Å². The van der Waals surface area contributed by atoms with Crippen LogP contribution in [-0.2, 0) is 54.4 Å². The topological polar surface area (TPSA) is 237 Å². The number of carbonyl (C=O) groups is 1. The zero-order valence-corrected chi connectivity index (χ0v) is 42.1. The van der Waals surface area contributed by atoms with Crippen LogP contribution in [0.5, 0.6) is 0 Å². The van der Waals surface area contributed by atoms with Crippen LogP contribution in [0.2, 0.25) is 0 Å². The van der Waals surface area contributed by atoms with Crippen molar-refractivity contribution in [2.75, 3.05) is 76.6 Å². The van der Waals surface area contributed by atoms with Gasteiger partial charge in [-0.25, -0.2) is 24.9 Å². The van der Waals surface area contributed by atoms with E-state index in [9.17, 15) is 19.6 Å². The Labute approximate surface area is 422 Å². The normalized spacial score (nSPS) is 22.0. The minimum absolute atomic E-state index is 0.124. The summed E-state index contributed by atoms with van der Waals surface area (Å²) >= 11 is 0. The molecular weight excluding hydrogens is 935 g/mol. The van der Waals surface area contributed by atoms with E-state index in [4.69, 9.17) is 44.1 Å². The summed E-state index contributed by atoms with van der Waals surface area (Å²) in [5.41, 5.74) is 13.2. The van der Waals surface area contributed by atoms with E-state index in [0.717, 1.165) is 40.9 Å². The SMILES string of the molecule is COC[C@H]1CN(c2ccc3c(=O)n(CCc4c(C)cc(C(N)=O)nc4C)c([C@@H]4CCO4)nc3c2)CC(C2CN(c3ccc4c(=O)n(CCc5c(C)nc(C#N)nc5C)c([C@@H]5CCO5)nc4c3)C[C@H](COC)O2)O1. The van der Waals surface area contributed by atoms with Crippen molar-refractivity contribution in [1.82, 2.24) is 34.1 Å². The van der Waals surface area contributed by atoms with E-state index in [-0.39, 0.29) is 47.1 Å². The molecule has 0 radical (unpaired) electrons. The molecule has 0 bridgehead atoms. The molecule has 20 heteroatoms. The summed E-state index contributed by atoms with van der Waals surface area (Å²) in [4.78, 5) is 68.5. The first-order valence-corrected chi connectivity index (χ1v) is 24.9. The smallest absolute Gasteiger partial charge is 0.267 e. The lowest BCUT2D eigenvalue weighted by Crippen LogP contribution is -2.60. The Morgan fingerprint density at radius 2 is 1.15 bits per heavy atom. The first-order valence-electron chi connectivity index (χ1n) is 24.9. The molecule has 2 N–H and O–H groups in total. The third-order valence-electron chi connectivity index (χ3n) is 14.6. The van der Waals surface area contributed by atoms with Crippen LogP contribution in [0.4, 0.5) is 11.4 Å². The van der Waals surface area contributed by atoms with Crippen LogP contribution in [0.25, 0.3) is 21.8 Å². The first kappa shape index (κ1) is 49.8. The average Bonchev–Trinajstić information content (AvgIpc) is 3.33. The number of fused-ring (bicyclic) bond motifs is 2. The number of anilines is 2. The van der Waals surface area contributed by atoms with E-state index in [1.807, 2.05) is 70.2 Å². The number of hydrogen-bond acceptors (Lipinski definition) is 17. The van der Waals surface area contributed by atoms with E-state index in [0.29, 0.717) is 129 Å². The second kappa shape index (κ2) is 21.0. The minimum Gasteiger partial charge on any atom is -0.382 e. The maximum absolute atomic E-state index is 14.4. The van der Waals surface area contributed by atoms with E-state index < -0.39 is 18.1 Å². The van der Waals surface area contributed by atoms with E-state index in [2.05, 4.69) is 24.8 Å². The van der Waals surface area contributed by atoms with Gasteiger partial charge in [-0.05, 0) is 99.7 Å². The van der Waals surface area contributed by atoms with Crippen LogP contribution in [0.1, 0.15) is 86.8 Å². The summed E-state index contributed by atoms with van der Waals surface area (Å²) in [7, 11) is 3.32. The van der Waals surface area contributed by atoms with Gasteiger partial charge in [0.05, 0.1) is 60.4 Å². The summed E-state index contributed by atoms with van der Waals surface area (Å²) in [6, 6.07) is 15.3. The molecule has 4 saturated heterocycles. The quantitative estimate of drug-likeness (QED) is 0.144. The summed E-state index contributed by atoms with van der Waals surface area (Å²) < 4.78 is 40.2. The number of aryl methyl sites for hydroxylation is 4. The monoisotopic (exact) mass is 995 g/mol. The molecule has 0 aliphatic carbocycles. The summed E-state index contributed by atoms with van der Waals surface area (Å²) in [5.74, 6) is 0.703. The van der Waals surface area contributed by atoms with Crippen molar-refractivity contribution in [3.63, 3.8) is 0 Å². The van der Waals surface area contributed by atoms with Crippen molar-refractivity contribution in [2.24, 2.45) is 5.73 Å². The van der Waals surface area contributed by atoms with Gasteiger partial charge in [0.15, 0.2) is 0 Å². The number of nitrogens with zero attached hydrogens (tertiary/aromatic N) is 10. The summed E-state index contributed by atoms with van der Waals surface area (Å²) in [6.45, 7) is 12.1. The predicted octanol–water partition coefficient (Wildman–Crippen LogP) is 4.04. The number of hydrogen-bond donors (Lipinski definition) is 1. The highest BCUT2D eigenvalue weighted by molar-refractivity contribution is 5.91. The molecule has 382 valence electrons. The maximum Gasteiger partial charge on any atom is 0.267 e. The second-order valence-electron chi connectivity index (χ2n) is 19.4. The number of methoxy groups -OCH3 is 2. The molecule has 4 aromatic heterocycles. The van der Waals surface area contributed by atoms with E-state index in [1.54, 1.807) is 29.4 Å². The number of rotatable bonds is 16. The molecule has 1 amide bonds. The molecule has 6 atom stereocenters. The number of carbonyl (C=O) groups excluding carboxylic acids is 1.